The molecule has 128 valence electrons. The molecule has 0 unspecified atom stereocenters. The highest BCUT2D eigenvalue weighted by molar-refractivity contribution is 7.84. The molecule has 1 aromatic carbocycles. The molecule has 0 aliphatic carbocycles. The SMILES string of the molecule is C[C@H](CCNC(=O)N[C@@H]1CCO[C@@H](c2ccccc2)C1)[S@](C)=O. The van der Waals surface area contributed by atoms with Crippen LogP contribution in [0.15, 0.2) is 30.3 Å². The summed E-state index contributed by atoms with van der Waals surface area (Å²) in [6.45, 7) is 3.12. The third kappa shape index (κ3) is 5.95. The van der Waals surface area contributed by atoms with Crippen LogP contribution in [0.2, 0.25) is 0 Å². The molecule has 1 heterocycles. The zero-order chi connectivity index (χ0) is 16.7. The van der Waals surface area contributed by atoms with Gasteiger partial charge in [0.25, 0.3) is 0 Å². The van der Waals surface area contributed by atoms with Gasteiger partial charge in [0.15, 0.2) is 0 Å². The first-order valence-corrected chi connectivity index (χ1v) is 9.71. The number of benzene rings is 1. The number of carbonyl (C=O) groups is 1. The first-order valence-electron chi connectivity index (χ1n) is 8.09. The van der Waals surface area contributed by atoms with Crippen molar-refractivity contribution in [3.05, 3.63) is 35.9 Å². The van der Waals surface area contributed by atoms with Crippen molar-refractivity contribution in [3.8, 4) is 0 Å². The molecule has 0 aromatic heterocycles. The van der Waals surface area contributed by atoms with Crippen molar-refractivity contribution < 1.29 is 13.7 Å². The van der Waals surface area contributed by atoms with E-state index in [1.54, 1.807) is 6.26 Å². The average molecular weight is 338 g/mol. The fourth-order valence-electron chi connectivity index (χ4n) is 2.62. The highest BCUT2D eigenvalue weighted by Crippen LogP contribution is 2.27. The molecule has 1 saturated heterocycles. The lowest BCUT2D eigenvalue weighted by Crippen LogP contribution is -2.45. The minimum Gasteiger partial charge on any atom is -0.373 e. The fourth-order valence-corrected chi connectivity index (χ4v) is 3.07. The molecule has 1 aromatic rings. The number of carbonyl (C=O) groups excluding carboxylic acids is 1. The Labute approximate surface area is 140 Å². The summed E-state index contributed by atoms with van der Waals surface area (Å²) in [7, 11) is -0.845. The van der Waals surface area contributed by atoms with Crippen LogP contribution in [0.5, 0.6) is 0 Å². The second-order valence-corrected chi connectivity index (χ2v) is 7.79. The highest BCUT2D eigenvalue weighted by Gasteiger charge is 2.24. The zero-order valence-electron chi connectivity index (χ0n) is 13.8. The predicted octanol–water partition coefficient (Wildman–Crippen LogP) is 2.36. The van der Waals surface area contributed by atoms with Crippen molar-refractivity contribution in [2.24, 2.45) is 0 Å². The van der Waals surface area contributed by atoms with Crippen molar-refractivity contribution in [3.63, 3.8) is 0 Å². The van der Waals surface area contributed by atoms with E-state index in [1.807, 2.05) is 25.1 Å². The summed E-state index contributed by atoms with van der Waals surface area (Å²) < 4.78 is 17.1. The van der Waals surface area contributed by atoms with E-state index in [4.69, 9.17) is 4.74 Å². The van der Waals surface area contributed by atoms with Gasteiger partial charge in [-0.1, -0.05) is 37.3 Å². The van der Waals surface area contributed by atoms with Gasteiger partial charge in [-0.2, -0.15) is 0 Å². The average Bonchev–Trinajstić information content (AvgIpc) is 2.55. The van der Waals surface area contributed by atoms with Crippen LogP contribution in [-0.4, -0.2) is 40.9 Å². The van der Waals surface area contributed by atoms with E-state index in [-0.39, 0.29) is 23.4 Å². The molecule has 0 spiro atoms. The van der Waals surface area contributed by atoms with Gasteiger partial charge in [0.2, 0.25) is 0 Å². The Hall–Kier alpha value is -1.40. The van der Waals surface area contributed by atoms with Crippen LogP contribution in [0.3, 0.4) is 0 Å². The Kier molecular flexibility index (Phi) is 7.05. The van der Waals surface area contributed by atoms with Crippen LogP contribution >= 0.6 is 0 Å². The van der Waals surface area contributed by atoms with E-state index in [0.717, 1.165) is 24.8 Å². The maximum Gasteiger partial charge on any atom is 0.315 e. The molecule has 5 nitrogen and oxygen atoms in total. The lowest BCUT2D eigenvalue weighted by atomic mass is 9.97. The molecular formula is C17H26N2O3S. The summed E-state index contributed by atoms with van der Waals surface area (Å²) in [5.74, 6) is 0. The Morgan fingerprint density at radius 2 is 2.13 bits per heavy atom. The molecule has 6 heteroatoms. The Morgan fingerprint density at radius 3 is 2.83 bits per heavy atom. The normalized spacial score (nSPS) is 23.7. The number of hydrogen-bond acceptors (Lipinski definition) is 3. The lowest BCUT2D eigenvalue weighted by Gasteiger charge is -2.30. The first kappa shape index (κ1) is 17.9. The minimum absolute atomic E-state index is 0.0396. The Balaban J connectivity index is 1.74. The van der Waals surface area contributed by atoms with Crippen LogP contribution in [0.1, 0.15) is 37.9 Å². The molecule has 1 aliphatic rings. The standard InChI is InChI=1S/C17H26N2O3S/c1-13(23(2)21)8-10-18-17(20)19-15-9-11-22-16(12-15)14-6-4-3-5-7-14/h3-7,13,15-16H,8-12H2,1-2H3,(H2,18,19,20)/t13-,15-,16-,23+/m1/s1. The summed E-state index contributed by atoms with van der Waals surface area (Å²) in [6, 6.07) is 10.1. The van der Waals surface area contributed by atoms with Crippen LogP contribution in [0, 0.1) is 0 Å². The topological polar surface area (TPSA) is 67.4 Å². The lowest BCUT2D eigenvalue weighted by molar-refractivity contribution is 0.00227. The van der Waals surface area contributed by atoms with Crippen molar-refractivity contribution in [2.75, 3.05) is 19.4 Å². The van der Waals surface area contributed by atoms with Crippen molar-refractivity contribution in [1.29, 1.82) is 0 Å². The summed E-state index contributed by atoms with van der Waals surface area (Å²) in [5.41, 5.74) is 1.15. The Morgan fingerprint density at radius 1 is 1.39 bits per heavy atom. The molecular weight excluding hydrogens is 312 g/mol. The predicted molar refractivity (Wildman–Crippen MR) is 92.8 cm³/mol. The monoisotopic (exact) mass is 338 g/mol. The fraction of sp³-hybridized carbons (Fsp3) is 0.588. The van der Waals surface area contributed by atoms with Gasteiger partial charge in [0.1, 0.15) is 0 Å². The largest absolute Gasteiger partial charge is 0.373 e. The second kappa shape index (κ2) is 9.03. The number of rotatable bonds is 6. The molecule has 1 fully saturated rings. The summed E-state index contributed by atoms with van der Waals surface area (Å²) >= 11 is 0. The van der Waals surface area contributed by atoms with E-state index < -0.39 is 10.8 Å². The molecule has 2 N–H and O–H groups in total. The number of nitrogens with one attached hydrogen (secondary N) is 2. The smallest absolute Gasteiger partial charge is 0.315 e. The van der Waals surface area contributed by atoms with Crippen molar-refractivity contribution in [2.45, 2.75) is 43.6 Å². The number of amides is 2. The van der Waals surface area contributed by atoms with Gasteiger partial charge in [0.05, 0.1) is 6.10 Å². The molecule has 1 aliphatic heterocycles. The highest BCUT2D eigenvalue weighted by atomic mass is 32.2. The summed E-state index contributed by atoms with van der Waals surface area (Å²) in [4.78, 5) is 12.0. The van der Waals surface area contributed by atoms with Gasteiger partial charge in [-0.05, 0) is 24.8 Å². The van der Waals surface area contributed by atoms with Crippen molar-refractivity contribution in [1.82, 2.24) is 10.6 Å². The quantitative estimate of drug-likeness (QED) is 0.837. The number of hydrogen-bond donors (Lipinski definition) is 2. The molecule has 2 amide bonds. The third-order valence-corrected chi connectivity index (χ3v) is 5.56. The van der Waals surface area contributed by atoms with Gasteiger partial charge in [0, 0.05) is 41.5 Å². The second-order valence-electron chi connectivity index (χ2n) is 5.99. The van der Waals surface area contributed by atoms with Gasteiger partial charge < -0.3 is 15.4 Å². The Bertz CT molecular complexity index is 524. The van der Waals surface area contributed by atoms with E-state index in [1.165, 1.54) is 0 Å². The van der Waals surface area contributed by atoms with Crippen LogP contribution in [0.25, 0.3) is 0 Å². The number of urea groups is 1. The van der Waals surface area contributed by atoms with E-state index in [9.17, 15) is 9.00 Å². The molecule has 4 atom stereocenters. The van der Waals surface area contributed by atoms with E-state index >= 15 is 0 Å². The maximum absolute atomic E-state index is 12.0. The minimum atomic E-state index is -0.845. The van der Waals surface area contributed by atoms with Gasteiger partial charge >= 0.3 is 6.03 Å². The molecule has 0 radical (unpaired) electrons. The van der Waals surface area contributed by atoms with Gasteiger partial charge in [-0.3, -0.25) is 4.21 Å². The van der Waals surface area contributed by atoms with Crippen molar-refractivity contribution >= 4 is 16.8 Å². The van der Waals surface area contributed by atoms with Crippen LogP contribution in [-0.2, 0) is 15.5 Å². The van der Waals surface area contributed by atoms with Crippen LogP contribution < -0.4 is 10.6 Å². The number of ether oxygens (including phenoxy) is 1. The van der Waals surface area contributed by atoms with Gasteiger partial charge in [-0.25, -0.2) is 4.79 Å². The van der Waals surface area contributed by atoms with Crippen LogP contribution in [0.4, 0.5) is 4.79 Å². The summed E-state index contributed by atoms with van der Waals surface area (Å²) in [6.07, 6.45) is 4.06. The van der Waals surface area contributed by atoms with Gasteiger partial charge in [-0.15, -0.1) is 0 Å². The van der Waals surface area contributed by atoms with E-state index in [0.29, 0.717) is 13.2 Å². The molecule has 23 heavy (non-hydrogen) atoms. The molecule has 0 bridgehead atoms. The maximum atomic E-state index is 12.0. The third-order valence-electron chi connectivity index (χ3n) is 4.19. The molecule has 2 rings (SSSR count). The summed E-state index contributed by atoms with van der Waals surface area (Å²) in [5, 5.41) is 5.96. The zero-order valence-corrected chi connectivity index (χ0v) is 14.6. The first-order chi connectivity index (χ1) is 11.1. The van der Waals surface area contributed by atoms with E-state index in [2.05, 4.69) is 22.8 Å². The molecule has 0 saturated carbocycles.